The zero-order chi connectivity index (χ0) is 20.3. The van der Waals surface area contributed by atoms with Crippen LogP contribution in [0.2, 0.25) is 0 Å². The number of benzene rings is 2. The van der Waals surface area contributed by atoms with Crippen LogP contribution in [0.25, 0.3) is 0 Å². The van der Waals surface area contributed by atoms with E-state index in [9.17, 15) is 9.59 Å². The van der Waals surface area contributed by atoms with Crippen LogP contribution in [0, 0.1) is 0 Å². The van der Waals surface area contributed by atoms with Crippen molar-refractivity contribution in [3.8, 4) is 0 Å². The molecule has 0 aromatic heterocycles. The summed E-state index contributed by atoms with van der Waals surface area (Å²) in [5, 5.41) is 3.00. The number of nitrogens with zero attached hydrogens (tertiary/aromatic N) is 2. The second kappa shape index (κ2) is 9.94. The highest BCUT2D eigenvalue weighted by Gasteiger charge is 2.52. The van der Waals surface area contributed by atoms with Crippen LogP contribution in [0.4, 0.5) is 4.79 Å². The van der Waals surface area contributed by atoms with Crippen LogP contribution in [0.1, 0.15) is 30.4 Å². The van der Waals surface area contributed by atoms with Crippen molar-refractivity contribution in [1.82, 2.24) is 15.1 Å². The molecular weight excluding hydrogens is 466 g/mol. The number of aryl methyl sites for hydroxylation is 1. The fraction of sp³-hybridized carbons (Fsp3) is 0.391. The molecule has 2 saturated heterocycles. The van der Waals surface area contributed by atoms with Gasteiger partial charge in [-0.3, -0.25) is 9.69 Å². The van der Waals surface area contributed by atoms with E-state index in [0.717, 1.165) is 42.5 Å². The molecule has 0 radical (unpaired) electrons. The van der Waals surface area contributed by atoms with Gasteiger partial charge in [0.15, 0.2) is 0 Å². The lowest BCUT2D eigenvalue weighted by Gasteiger charge is -2.37. The van der Waals surface area contributed by atoms with Crippen LogP contribution in [0.3, 0.4) is 0 Å². The molecule has 2 aliphatic rings. The molecule has 5 nitrogen and oxygen atoms in total. The summed E-state index contributed by atoms with van der Waals surface area (Å²) >= 11 is 3.41. The molecule has 1 spiro atoms. The Labute approximate surface area is 192 Å². The lowest BCUT2D eigenvalue weighted by atomic mass is 9.87. The van der Waals surface area contributed by atoms with Crippen molar-refractivity contribution in [2.75, 3.05) is 19.6 Å². The Bertz CT molecular complexity index is 868. The highest BCUT2D eigenvalue weighted by molar-refractivity contribution is 9.10. The third-order valence-corrected chi connectivity index (χ3v) is 6.52. The lowest BCUT2D eigenvalue weighted by Crippen LogP contribution is -2.55. The van der Waals surface area contributed by atoms with E-state index in [-0.39, 0.29) is 24.3 Å². The molecule has 3 amide bonds. The number of nitrogens with one attached hydrogen (secondary N) is 1. The summed E-state index contributed by atoms with van der Waals surface area (Å²) in [6.45, 7) is 3.02. The molecule has 2 heterocycles. The molecule has 0 unspecified atom stereocenters. The molecule has 2 aliphatic heterocycles. The Hall–Kier alpha value is -1.89. The maximum Gasteiger partial charge on any atom is 0.325 e. The normalized spacial score (nSPS) is 18.4. The lowest BCUT2D eigenvalue weighted by molar-refractivity contribution is -0.133. The van der Waals surface area contributed by atoms with Crippen LogP contribution in [-0.4, -0.2) is 46.9 Å². The fourth-order valence-electron chi connectivity index (χ4n) is 4.24. The van der Waals surface area contributed by atoms with Crippen molar-refractivity contribution in [1.29, 1.82) is 0 Å². The number of hydrogen-bond acceptors (Lipinski definition) is 3. The number of imide groups is 1. The van der Waals surface area contributed by atoms with Gasteiger partial charge in [0.2, 0.25) is 0 Å². The molecule has 4 rings (SSSR count). The standard InChI is InChI=1S/C23H26BrN3O2.ClH/c24-20-10-8-19(9-11-20)17-27-21(28)23(25-22(27)29)12-15-26(16-13-23)14-4-7-18-5-2-1-3-6-18;/h1-3,5-6,8-11H,4,7,12-17H2,(H,25,29);1H. The zero-order valence-corrected chi connectivity index (χ0v) is 19.3. The molecule has 7 heteroatoms. The maximum absolute atomic E-state index is 13.1. The van der Waals surface area contributed by atoms with E-state index in [1.54, 1.807) is 0 Å². The van der Waals surface area contributed by atoms with Crippen LogP contribution >= 0.6 is 28.3 Å². The monoisotopic (exact) mass is 491 g/mol. The van der Waals surface area contributed by atoms with Gasteiger partial charge in [0, 0.05) is 17.6 Å². The minimum atomic E-state index is -0.720. The predicted molar refractivity (Wildman–Crippen MR) is 124 cm³/mol. The Balaban J connectivity index is 0.00000256. The van der Waals surface area contributed by atoms with Gasteiger partial charge >= 0.3 is 6.03 Å². The SMILES string of the molecule is Cl.O=C1NC2(CCN(CCCc3ccccc3)CC2)C(=O)N1Cc1ccc(Br)cc1. The van der Waals surface area contributed by atoms with E-state index in [1.165, 1.54) is 10.5 Å². The van der Waals surface area contributed by atoms with Crippen molar-refractivity contribution in [2.24, 2.45) is 0 Å². The zero-order valence-electron chi connectivity index (χ0n) is 16.9. The summed E-state index contributed by atoms with van der Waals surface area (Å²) < 4.78 is 0.981. The molecule has 2 aromatic rings. The van der Waals surface area contributed by atoms with Gasteiger partial charge in [0.25, 0.3) is 5.91 Å². The number of likely N-dealkylation sites (tertiary alicyclic amines) is 1. The van der Waals surface area contributed by atoms with Crippen molar-refractivity contribution >= 4 is 40.3 Å². The quantitative estimate of drug-likeness (QED) is 0.609. The maximum atomic E-state index is 13.1. The summed E-state index contributed by atoms with van der Waals surface area (Å²) in [5.41, 5.74) is 1.59. The summed E-state index contributed by atoms with van der Waals surface area (Å²) in [7, 11) is 0. The minimum Gasteiger partial charge on any atom is -0.323 e. The number of urea groups is 1. The van der Waals surface area contributed by atoms with Gasteiger partial charge in [0.1, 0.15) is 5.54 Å². The van der Waals surface area contributed by atoms with Gasteiger partial charge in [-0.15, -0.1) is 12.4 Å². The number of hydrogen-bond donors (Lipinski definition) is 1. The Morgan fingerprint density at radius 1 is 0.933 bits per heavy atom. The van der Waals surface area contributed by atoms with Gasteiger partial charge in [0.05, 0.1) is 6.54 Å². The van der Waals surface area contributed by atoms with E-state index in [1.807, 2.05) is 30.3 Å². The summed E-state index contributed by atoms with van der Waals surface area (Å²) in [6, 6.07) is 18.0. The first-order chi connectivity index (χ1) is 14.1. The number of halogens is 2. The molecule has 30 heavy (non-hydrogen) atoms. The number of carbonyl (C=O) groups excluding carboxylic acids is 2. The number of rotatable bonds is 6. The number of piperidine rings is 1. The molecule has 2 aromatic carbocycles. The van der Waals surface area contributed by atoms with Crippen LogP contribution < -0.4 is 5.32 Å². The Morgan fingerprint density at radius 3 is 2.27 bits per heavy atom. The van der Waals surface area contributed by atoms with E-state index >= 15 is 0 Å². The van der Waals surface area contributed by atoms with Gasteiger partial charge in [-0.2, -0.15) is 0 Å². The Morgan fingerprint density at radius 2 is 1.60 bits per heavy atom. The topological polar surface area (TPSA) is 52.7 Å². The smallest absolute Gasteiger partial charge is 0.323 e. The van der Waals surface area contributed by atoms with Gasteiger partial charge in [-0.1, -0.05) is 58.4 Å². The molecule has 2 fully saturated rings. The van der Waals surface area contributed by atoms with Crippen molar-refractivity contribution in [2.45, 2.75) is 37.8 Å². The fourth-order valence-corrected chi connectivity index (χ4v) is 4.51. The van der Waals surface area contributed by atoms with Crippen molar-refractivity contribution < 1.29 is 9.59 Å². The second-order valence-electron chi connectivity index (χ2n) is 7.96. The summed E-state index contributed by atoms with van der Waals surface area (Å²) in [5.74, 6) is -0.0747. The van der Waals surface area contributed by atoms with Gasteiger partial charge in [-0.25, -0.2) is 4.79 Å². The highest BCUT2D eigenvalue weighted by Crippen LogP contribution is 2.30. The largest absolute Gasteiger partial charge is 0.325 e. The van der Waals surface area contributed by atoms with Crippen molar-refractivity contribution in [3.05, 3.63) is 70.2 Å². The molecule has 0 bridgehead atoms. The van der Waals surface area contributed by atoms with Gasteiger partial charge in [-0.05, 0) is 55.5 Å². The summed E-state index contributed by atoms with van der Waals surface area (Å²) in [6.07, 6.45) is 3.53. The number of amides is 3. The Kier molecular flexibility index (Phi) is 7.55. The first kappa shape index (κ1) is 22.8. The molecule has 0 aliphatic carbocycles. The van der Waals surface area contributed by atoms with Gasteiger partial charge < -0.3 is 10.2 Å². The first-order valence-corrected chi connectivity index (χ1v) is 11.0. The third kappa shape index (κ3) is 5.05. The third-order valence-electron chi connectivity index (χ3n) is 5.99. The van der Waals surface area contributed by atoms with Crippen molar-refractivity contribution in [3.63, 3.8) is 0 Å². The van der Waals surface area contributed by atoms with E-state index in [4.69, 9.17) is 0 Å². The van der Waals surface area contributed by atoms with E-state index in [2.05, 4.69) is 50.4 Å². The first-order valence-electron chi connectivity index (χ1n) is 10.2. The van der Waals surface area contributed by atoms with Crippen LogP contribution in [0.15, 0.2) is 59.1 Å². The van der Waals surface area contributed by atoms with E-state index < -0.39 is 5.54 Å². The molecular formula is C23H27BrClN3O2. The average Bonchev–Trinajstić information content (AvgIpc) is 2.96. The highest BCUT2D eigenvalue weighted by atomic mass is 79.9. The molecule has 0 saturated carbocycles. The second-order valence-corrected chi connectivity index (χ2v) is 8.88. The van der Waals surface area contributed by atoms with Crippen LogP contribution in [-0.2, 0) is 17.8 Å². The molecule has 160 valence electrons. The van der Waals surface area contributed by atoms with Crippen LogP contribution in [0.5, 0.6) is 0 Å². The van der Waals surface area contributed by atoms with E-state index in [0.29, 0.717) is 19.4 Å². The minimum absolute atomic E-state index is 0. The molecule has 1 N–H and O–H groups in total. The average molecular weight is 493 g/mol. The summed E-state index contributed by atoms with van der Waals surface area (Å²) in [4.78, 5) is 29.4. The molecule has 0 atom stereocenters. The predicted octanol–water partition coefficient (Wildman–Crippen LogP) is 4.39. The number of carbonyl (C=O) groups is 2.